The number of anilines is 1. The molecule has 274 valence electrons. The summed E-state index contributed by atoms with van der Waals surface area (Å²) < 4.78 is 0. The number of amides is 3. The summed E-state index contributed by atoms with van der Waals surface area (Å²) in [5, 5.41) is 6.78. The second-order valence-electron chi connectivity index (χ2n) is 14.6. The molecule has 11 nitrogen and oxygen atoms in total. The highest BCUT2D eigenvalue weighted by Crippen LogP contribution is 2.48. The number of nitrogens with one attached hydrogen (secondary N) is 2. The van der Waals surface area contributed by atoms with Crippen molar-refractivity contribution in [3.05, 3.63) is 99.9 Å². The number of ketones is 1. The SMILES string of the molecule is CN=C(/C=C1\C(=O)C(/C=C2/N(C)c3ccccc3C2(C)C)=C1NC(C)C(=O)NCCCCC(=O)ON1C(=O)CCC1=O)C(C)(C)c1ccccc1C. The van der Waals surface area contributed by atoms with Crippen LogP contribution in [0, 0.1) is 6.92 Å². The van der Waals surface area contributed by atoms with Gasteiger partial charge in [0.25, 0.3) is 11.8 Å². The Hall–Kier alpha value is -5.32. The van der Waals surface area contributed by atoms with Gasteiger partial charge in [0.05, 0.1) is 5.70 Å². The van der Waals surface area contributed by atoms with E-state index in [-0.39, 0.29) is 36.4 Å². The zero-order chi connectivity index (χ0) is 38.0. The number of hydroxylamine groups is 2. The van der Waals surface area contributed by atoms with Gasteiger partial charge >= 0.3 is 5.97 Å². The van der Waals surface area contributed by atoms with Crippen LogP contribution in [0.15, 0.2) is 88.2 Å². The Bertz CT molecular complexity index is 1920. The summed E-state index contributed by atoms with van der Waals surface area (Å²) in [6, 6.07) is 15.6. The van der Waals surface area contributed by atoms with Crippen molar-refractivity contribution in [2.75, 3.05) is 25.5 Å². The van der Waals surface area contributed by atoms with Gasteiger partial charge in [0.1, 0.15) is 6.04 Å². The van der Waals surface area contributed by atoms with E-state index in [9.17, 15) is 24.0 Å². The molecule has 1 fully saturated rings. The van der Waals surface area contributed by atoms with E-state index >= 15 is 0 Å². The molecule has 3 aliphatic rings. The summed E-state index contributed by atoms with van der Waals surface area (Å²) in [6.07, 6.45) is 4.71. The number of Topliss-reactive ketones (excluding diaryl/α,β-unsaturated/α-hetero) is 1. The molecule has 1 saturated heterocycles. The lowest BCUT2D eigenvalue weighted by Crippen LogP contribution is -2.46. The molecule has 0 radical (unpaired) electrons. The zero-order valence-corrected chi connectivity index (χ0v) is 31.4. The van der Waals surface area contributed by atoms with Crippen molar-refractivity contribution in [2.24, 2.45) is 4.99 Å². The highest BCUT2D eigenvalue weighted by atomic mass is 16.7. The number of likely N-dealkylation sites (N-methyl/N-ethyl adjacent to an activating group) is 1. The number of para-hydroxylation sites is 1. The number of carbonyl (C=O) groups excluding carboxylic acids is 5. The van der Waals surface area contributed by atoms with Crippen LogP contribution in [0.3, 0.4) is 0 Å². The molecule has 1 unspecified atom stereocenters. The lowest BCUT2D eigenvalue weighted by molar-refractivity contribution is -0.197. The predicted molar refractivity (Wildman–Crippen MR) is 200 cm³/mol. The lowest BCUT2D eigenvalue weighted by atomic mass is 9.75. The number of hydrogen-bond donors (Lipinski definition) is 2. The highest BCUT2D eigenvalue weighted by Gasteiger charge is 2.42. The van der Waals surface area contributed by atoms with Gasteiger partial charge in [-0.2, -0.15) is 0 Å². The molecule has 1 aliphatic carbocycles. The van der Waals surface area contributed by atoms with E-state index in [0.29, 0.717) is 41.3 Å². The molecule has 2 aromatic carbocycles. The highest BCUT2D eigenvalue weighted by molar-refractivity contribution is 6.25. The molecule has 0 saturated carbocycles. The van der Waals surface area contributed by atoms with Crippen LogP contribution in [0.2, 0.25) is 0 Å². The smallest absolute Gasteiger partial charge is 0.333 e. The van der Waals surface area contributed by atoms with Gasteiger partial charge in [-0.3, -0.25) is 24.2 Å². The molecule has 0 spiro atoms. The maximum atomic E-state index is 14.1. The second-order valence-corrected chi connectivity index (χ2v) is 14.6. The molecule has 3 amide bonds. The van der Waals surface area contributed by atoms with Gasteiger partial charge in [-0.05, 0) is 61.6 Å². The number of hydrogen-bond acceptors (Lipinski definition) is 9. The fourth-order valence-corrected chi connectivity index (χ4v) is 7.20. The van der Waals surface area contributed by atoms with Gasteiger partial charge in [0, 0.05) is 79.0 Å². The van der Waals surface area contributed by atoms with Crippen molar-refractivity contribution in [2.45, 2.75) is 90.5 Å². The number of aryl methyl sites for hydroxylation is 1. The van der Waals surface area contributed by atoms with Crippen LogP contribution < -0.4 is 15.5 Å². The molecule has 11 heteroatoms. The average Bonchev–Trinajstić information content (AvgIpc) is 3.52. The molecule has 1 atom stereocenters. The van der Waals surface area contributed by atoms with Crippen molar-refractivity contribution < 1.29 is 28.8 Å². The predicted octanol–water partition coefficient (Wildman–Crippen LogP) is 5.29. The molecular weight excluding hydrogens is 658 g/mol. The number of fused-ring (bicyclic) bond motifs is 1. The molecule has 2 N–H and O–H groups in total. The van der Waals surface area contributed by atoms with Crippen molar-refractivity contribution in [3.8, 4) is 0 Å². The Morgan fingerprint density at radius 3 is 2.33 bits per heavy atom. The third-order valence-electron chi connectivity index (χ3n) is 10.3. The van der Waals surface area contributed by atoms with Crippen LogP contribution >= 0.6 is 0 Å². The Morgan fingerprint density at radius 2 is 1.67 bits per heavy atom. The van der Waals surface area contributed by atoms with Gasteiger partial charge in [-0.15, -0.1) is 5.06 Å². The third-order valence-corrected chi connectivity index (χ3v) is 10.3. The van der Waals surface area contributed by atoms with Crippen molar-refractivity contribution in [3.63, 3.8) is 0 Å². The first-order valence-corrected chi connectivity index (χ1v) is 17.8. The Labute approximate surface area is 305 Å². The fourth-order valence-electron chi connectivity index (χ4n) is 7.20. The number of allylic oxidation sites excluding steroid dienone is 5. The minimum Gasteiger partial charge on any atom is -0.373 e. The third kappa shape index (κ3) is 7.35. The first-order valence-electron chi connectivity index (χ1n) is 17.8. The summed E-state index contributed by atoms with van der Waals surface area (Å²) in [4.78, 5) is 74.5. The number of unbranched alkanes of at least 4 members (excludes halogenated alkanes) is 1. The van der Waals surface area contributed by atoms with E-state index in [1.54, 1.807) is 14.0 Å². The Kier molecular flexibility index (Phi) is 11.0. The van der Waals surface area contributed by atoms with Crippen LogP contribution in [0.4, 0.5) is 5.69 Å². The molecule has 2 heterocycles. The molecular formula is C41H49N5O6. The minimum atomic E-state index is -0.699. The monoisotopic (exact) mass is 707 g/mol. The van der Waals surface area contributed by atoms with Crippen LogP contribution in [0.1, 0.15) is 83.4 Å². The van der Waals surface area contributed by atoms with E-state index in [1.807, 2.05) is 43.5 Å². The maximum absolute atomic E-state index is 14.1. The zero-order valence-electron chi connectivity index (χ0n) is 31.4. The lowest BCUT2D eigenvalue weighted by Gasteiger charge is -2.32. The van der Waals surface area contributed by atoms with E-state index < -0.39 is 29.2 Å². The van der Waals surface area contributed by atoms with Crippen LogP contribution in [0.25, 0.3) is 0 Å². The van der Waals surface area contributed by atoms with Gasteiger partial charge in [-0.25, -0.2) is 4.79 Å². The van der Waals surface area contributed by atoms with Gasteiger partial charge < -0.3 is 20.4 Å². The van der Waals surface area contributed by atoms with E-state index in [0.717, 1.165) is 28.2 Å². The summed E-state index contributed by atoms with van der Waals surface area (Å²) in [5.74, 6) is -2.12. The van der Waals surface area contributed by atoms with Crippen LogP contribution in [-0.2, 0) is 39.6 Å². The first-order chi connectivity index (χ1) is 24.6. The topological polar surface area (TPSA) is 137 Å². The van der Waals surface area contributed by atoms with Crippen LogP contribution in [-0.4, -0.2) is 66.9 Å². The Morgan fingerprint density at radius 1 is 1.02 bits per heavy atom. The van der Waals surface area contributed by atoms with E-state index in [2.05, 4.69) is 79.4 Å². The number of benzene rings is 2. The molecule has 0 bridgehead atoms. The largest absolute Gasteiger partial charge is 0.373 e. The molecule has 2 aliphatic heterocycles. The number of carbonyl (C=O) groups is 5. The Balaban J connectivity index is 1.34. The molecule has 5 rings (SSSR count). The van der Waals surface area contributed by atoms with E-state index in [1.165, 1.54) is 5.56 Å². The van der Waals surface area contributed by atoms with Crippen molar-refractivity contribution in [1.29, 1.82) is 0 Å². The van der Waals surface area contributed by atoms with Crippen molar-refractivity contribution >= 4 is 40.9 Å². The van der Waals surface area contributed by atoms with E-state index in [4.69, 9.17) is 4.84 Å². The normalized spacial score (nSPS) is 19.3. The summed E-state index contributed by atoms with van der Waals surface area (Å²) in [5.41, 5.74) is 6.84. The number of rotatable bonds is 13. The molecule has 0 aromatic heterocycles. The first kappa shape index (κ1) is 37.9. The minimum absolute atomic E-state index is 0.00323. The summed E-state index contributed by atoms with van der Waals surface area (Å²) in [6.45, 7) is 12.6. The quantitative estimate of drug-likeness (QED) is 0.124. The van der Waals surface area contributed by atoms with Gasteiger partial charge in [0.15, 0.2) is 5.78 Å². The fraction of sp³-hybridized carbons (Fsp3) is 0.415. The number of nitrogens with zero attached hydrogens (tertiary/aromatic N) is 3. The standard InChI is InChI=1S/C41H49N5O6/c1-25-15-9-10-16-29(25)40(3,4)32(42-7)23-27-37(28(38(27)50)24-33-41(5,6)30-17-11-12-18-31(30)45(33)8)44-26(2)39(51)43-22-14-13-19-36(49)52-46-34(47)20-21-35(46)48/h9-12,15-18,23-24,26,44H,13-14,19-22H2,1-8H3,(H,43,51)/b27-23-,33-24+,42-32?. The molecule has 2 aromatic rings. The van der Waals surface area contributed by atoms with Crippen molar-refractivity contribution in [1.82, 2.24) is 15.7 Å². The second kappa shape index (κ2) is 15.1. The van der Waals surface area contributed by atoms with Gasteiger partial charge in [0.2, 0.25) is 5.91 Å². The molecule has 52 heavy (non-hydrogen) atoms. The van der Waals surface area contributed by atoms with Crippen LogP contribution in [0.5, 0.6) is 0 Å². The maximum Gasteiger partial charge on any atom is 0.333 e. The average molecular weight is 708 g/mol. The summed E-state index contributed by atoms with van der Waals surface area (Å²) >= 11 is 0. The summed E-state index contributed by atoms with van der Waals surface area (Å²) in [7, 11) is 3.73. The number of aliphatic imine (C=N–C) groups is 1. The number of imide groups is 1. The van der Waals surface area contributed by atoms with Gasteiger partial charge in [-0.1, -0.05) is 70.2 Å².